The minimum absolute atomic E-state index is 0.301. The Morgan fingerprint density at radius 2 is 2.25 bits per heavy atom. The summed E-state index contributed by atoms with van der Waals surface area (Å²) >= 11 is 0. The lowest BCUT2D eigenvalue weighted by Gasteiger charge is -2.38. The first-order valence-electron chi connectivity index (χ1n) is 4.08. The lowest BCUT2D eigenvalue weighted by atomic mass is 9.91. The highest BCUT2D eigenvalue weighted by Gasteiger charge is 2.42. The van der Waals surface area contributed by atoms with Crippen molar-refractivity contribution in [3.63, 3.8) is 0 Å². The quantitative estimate of drug-likeness (QED) is 0.647. The molecule has 0 aromatic heterocycles. The first-order valence-corrected chi connectivity index (χ1v) is 4.08. The number of nitrogens with zero attached hydrogens (tertiary/aromatic N) is 1. The van der Waals surface area contributed by atoms with Gasteiger partial charge in [0, 0.05) is 6.61 Å². The molecule has 1 heterocycles. The molecule has 1 atom stereocenters. The Labute approximate surface area is 72.1 Å². The van der Waals surface area contributed by atoms with E-state index in [9.17, 15) is 4.79 Å². The van der Waals surface area contributed by atoms with Crippen molar-refractivity contribution in [1.29, 1.82) is 0 Å². The SMILES string of the molecule is CN(C)C1(C(=O)O)CCCOC1. The normalized spacial score (nSPS) is 30.6. The smallest absolute Gasteiger partial charge is 0.326 e. The third-order valence-electron chi connectivity index (χ3n) is 2.47. The van der Waals surface area contributed by atoms with E-state index in [4.69, 9.17) is 9.84 Å². The molecule has 12 heavy (non-hydrogen) atoms. The summed E-state index contributed by atoms with van der Waals surface area (Å²) in [6.07, 6.45) is 1.50. The Balaban J connectivity index is 2.77. The molecule has 4 heteroatoms. The van der Waals surface area contributed by atoms with Crippen LogP contribution in [0.2, 0.25) is 0 Å². The van der Waals surface area contributed by atoms with Crippen LogP contribution >= 0.6 is 0 Å². The predicted octanol–water partition coefficient (Wildman–Crippen LogP) is 0.182. The molecule has 1 aliphatic heterocycles. The van der Waals surface area contributed by atoms with Gasteiger partial charge in [0.2, 0.25) is 0 Å². The van der Waals surface area contributed by atoms with Crippen LogP contribution in [-0.4, -0.2) is 48.8 Å². The third kappa shape index (κ3) is 1.44. The van der Waals surface area contributed by atoms with E-state index in [1.54, 1.807) is 19.0 Å². The first-order chi connectivity index (χ1) is 5.59. The molecule has 0 bridgehead atoms. The van der Waals surface area contributed by atoms with Crippen molar-refractivity contribution in [2.24, 2.45) is 0 Å². The highest BCUT2D eigenvalue weighted by atomic mass is 16.5. The van der Waals surface area contributed by atoms with Crippen LogP contribution in [0.3, 0.4) is 0 Å². The van der Waals surface area contributed by atoms with Gasteiger partial charge < -0.3 is 9.84 Å². The fraction of sp³-hybridized carbons (Fsp3) is 0.875. The number of hydrogen-bond acceptors (Lipinski definition) is 3. The molecule has 1 saturated heterocycles. The van der Waals surface area contributed by atoms with Crippen LogP contribution < -0.4 is 0 Å². The van der Waals surface area contributed by atoms with Gasteiger partial charge in [-0.2, -0.15) is 0 Å². The monoisotopic (exact) mass is 173 g/mol. The second-order valence-electron chi connectivity index (χ2n) is 3.39. The van der Waals surface area contributed by atoms with E-state index in [1.165, 1.54) is 0 Å². The van der Waals surface area contributed by atoms with Crippen molar-refractivity contribution in [3.8, 4) is 0 Å². The van der Waals surface area contributed by atoms with Crippen LogP contribution in [0.25, 0.3) is 0 Å². The molecule has 70 valence electrons. The fourth-order valence-corrected chi connectivity index (χ4v) is 1.49. The molecule has 0 saturated carbocycles. The number of carbonyl (C=O) groups is 1. The van der Waals surface area contributed by atoms with Gasteiger partial charge >= 0.3 is 5.97 Å². The van der Waals surface area contributed by atoms with Gasteiger partial charge in [0.05, 0.1) is 6.61 Å². The Kier molecular flexibility index (Phi) is 2.69. The molecule has 1 rings (SSSR count). The van der Waals surface area contributed by atoms with Gasteiger partial charge in [0.1, 0.15) is 5.54 Å². The second-order valence-corrected chi connectivity index (χ2v) is 3.39. The zero-order chi connectivity index (χ0) is 9.19. The van der Waals surface area contributed by atoms with E-state index >= 15 is 0 Å². The van der Waals surface area contributed by atoms with E-state index in [1.807, 2.05) is 0 Å². The van der Waals surface area contributed by atoms with Crippen molar-refractivity contribution >= 4 is 5.97 Å². The van der Waals surface area contributed by atoms with E-state index < -0.39 is 11.5 Å². The summed E-state index contributed by atoms with van der Waals surface area (Å²) in [6.45, 7) is 0.984. The summed E-state index contributed by atoms with van der Waals surface area (Å²) < 4.78 is 5.19. The fourth-order valence-electron chi connectivity index (χ4n) is 1.49. The summed E-state index contributed by atoms with van der Waals surface area (Å²) in [4.78, 5) is 12.7. The van der Waals surface area contributed by atoms with Crippen molar-refractivity contribution in [3.05, 3.63) is 0 Å². The maximum absolute atomic E-state index is 11.0. The average molecular weight is 173 g/mol. The molecule has 1 N–H and O–H groups in total. The molecule has 1 aliphatic rings. The average Bonchev–Trinajstić information content (AvgIpc) is 2.05. The minimum Gasteiger partial charge on any atom is -0.480 e. The number of carboxylic acid groups (broad SMARTS) is 1. The molecular weight excluding hydrogens is 158 g/mol. The molecule has 0 aromatic rings. The van der Waals surface area contributed by atoms with Crippen molar-refractivity contribution in [2.45, 2.75) is 18.4 Å². The van der Waals surface area contributed by atoms with E-state index in [2.05, 4.69) is 0 Å². The zero-order valence-corrected chi connectivity index (χ0v) is 7.54. The van der Waals surface area contributed by atoms with Gasteiger partial charge in [0.15, 0.2) is 0 Å². The largest absolute Gasteiger partial charge is 0.480 e. The molecule has 0 aliphatic carbocycles. The molecule has 4 nitrogen and oxygen atoms in total. The maximum Gasteiger partial charge on any atom is 0.326 e. The second kappa shape index (κ2) is 3.41. The summed E-state index contributed by atoms with van der Waals surface area (Å²) in [5, 5.41) is 9.04. The maximum atomic E-state index is 11.0. The number of aliphatic carboxylic acids is 1. The Bertz CT molecular complexity index is 173. The van der Waals surface area contributed by atoms with Gasteiger partial charge in [0.25, 0.3) is 0 Å². The van der Waals surface area contributed by atoms with Gasteiger partial charge in [-0.15, -0.1) is 0 Å². The Hall–Kier alpha value is -0.610. The highest BCUT2D eigenvalue weighted by Crippen LogP contribution is 2.24. The summed E-state index contributed by atoms with van der Waals surface area (Å²) in [5.74, 6) is -0.785. The van der Waals surface area contributed by atoms with Gasteiger partial charge in [-0.1, -0.05) is 0 Å². The predicted molar refractivity (Wildman–Crippen MR) is 44.1 cm³/mol. The van der Waals surface area contributed by atoms with Crippen LogP contribution in [0, 0.1) is 0 Å². The molecule has 1 unspecified atom stereocenters. The molecule has 0 spiro atoms. The lowest BCUT2D eigenvalue weighted by Crippen LogP contribution is -2.56. The number of hydrogen-bond donors (Lipinski definition) is 1. The van der Waals surface area contributed by atoms with Gasteiger partial charge in [-0.25, -0.2) is 0 Å². The minimum atomic E-state index is -0.793. The van der Waals surface area contributed by atoms with Gasteiger partial charge in [-0.05, 0) is 26.9 Å². The Morgan fingerprint density at radius 3 is 2.50 bits per heavy atom. The van der Waals surface area contributed by atoms with Crippen LogP contribution in [-0.2, 0) is 9.53 Å². The topological polar surface area (TPSA) is 49.8 Å². The number of ether oxygens (including phenoxy) is 1. The van der Waals surface area contributed by atoms with Crippen LogP contribution in [0.15, 0.2) is 0 Å². The Morgan fingerprint density at radius 1 is 1.58 bits per heavy atom. The molecule has 1 fully saturated rings. The van der Waals surface area contributed by atoms with E-state index in [0.29, 0.717) is 19.6 Å². The third-order valence-corrected chi connectivity index (χ3v) is 2.47. The summed E-state index contributed by atoms with van der Waals surface area (Å²) in [7, 11) is 3.56. The number of rotatable bonds is 2. The van der Waals surface area contributed by atoms with Crippen LogP contribution in [0.5, 0.6) is 0 Å². The summed E-state index contributed by atoms with van der Waals surface area (Å²) in [5.41, 5.74) is -0.793. The number of likely N-dealkylation sites (N-methyl/N-ethyl adjacent to an activating group) is 1. The van der Waals surface area contributed by atoms with E-state index in [0.717, 1.165) is 6.42 Å². The highest BCUT2D eigenvalue weighted by molar-refractivity contribution is 5.79. The molecule has 0 radical (unpaired) electrons. The van der Waals surface area contributed by atoms with Gasteiger partial charge in [-0.3, -0.25) is 9.69 Å². The number of carboxylic acids is 1. The van der Waals surface area contributed by atoms with Crippen LogP contribution in [0.4, 0.5) is 0 Å². The summed E-state index contributed by atoms with van der Waals surface area (Å²) in [6, 6.07) is 0. The lowest BCUT2D eigenvalue weighted by molar-refractivity contribution is -0.158. The standard InChI is InChI=1S/C8H15NO3/c1-9(2)8(7(10)11)4-3-5-12-6-8/h3-6H2,1-2H3,(H,10,11). The molecule has 0 amide bonds. The first kappa shape index (κ1) is 9.48. The van der Waals surface area contributed by atoms with Crippen molar-refractivity contribution < 1.29 is 14.6 Å². The van der Waals surface area contributed by atoms with Crippen molar-refractivity contribution in [1.82, 2.24) is 4.90 Å². The molecule has 0 aromatic carbocycles. The van der Waals surface area contributed by atoms with E-state index in [-0.39, 0.29) is 0 Å². The van der Waals surface area contributed by atoms with Crippen LogP contribution in [0.1, 0.15) is 12.8 Å². The zero-order valence-electron chi connectivity index (χ0n) is 7.54. The van der Waals surface area contributed by atoms with Crippen molar-refractivity contribution in [2.75, 3.05) is 27.3 Å². The molecular formula is C8H15NO3.